The Labute approximate surface area is 129 Å². The summed E-state index contributed by atoms with van der Waals surface area (Å²) in [5.74, 6) is 5.72. The lowest BCUT2D eigenvalue weighted by Gasteiger charge is -2.19. The molecule has 0 aliphatic carbocycles. The highest BCUT2D eigenvalue weighted by Gasteiger charge is 2.13. The van der Waals surface area contributed by atoms with Gasteiger partial charge in [0.1, 0.15) is 0 Å². The second-order valence-electron chi connectivity index (χ2n) is 5.03. The minimum absolute atomic E-state index is 0.0489. The predicted molar refractivity (Wildman–Crippen MR) is 86.1 cm³/mol. The van der Waals surface area contributed by atoms with E-state index in [4.69, 9.17) is 29.0 Å². The fourth-order valence-corrected chi connectivity index (χ4v) is 2.70. The second kappa shape index (κ2) is 6.59. The zero-order valence-electron chi connectivity index (χ0n) is 11.6. The van der Waals surface area contributed by atoms with Gasteiger partial charge in [0.2, 0.25) is 0 Å². The molecule has 0 bridgehead atoms. The molecule has 1 atom stereocenters. The van der Waals surface area contributed by atoms with Gasteiger partial charge in [0.15, 0.2) is 0 Å². The van der Waals surface area contributed by atoms with Crippen LogP contribution in [0.4, 0.5) is 0 Å². The Morgan fingerprint density at radius 3 is 2.40 bits per heavy atom. The van der Waals surface area contributed by atoms with Crippen molar-refractivity contribution in [3.8, 4) is 0 Å². The van der Waals surface area contributed by atoms with E-state index in [1.54, 1.807) is 0 Å². The van der Waals surface area contributed by atoms with Crippen LogP contribution < -0.4 is 11.3 Å². The van der Waals surface area contributed by atoms with Crippen LogP contribution in [-0.4, -0.2) is 0 Å². The molecule has 2 nitrogen and oxygen atoms in total. The summed E-state index contributed by atoms with van der Waals surface area (Å²) in [5.41, 5.74) is 7.66. The molecule has 2 aromatic carbocycles. The summed E-state index contributed by atoms with van der Waals surface area (Å²) >= 11 is 12.0. The van der Waals surface area contributed by atoms with Crippen LogP contribution in [0.3, 0.4) is 0 Å². The standard InChI is InChI=1S/C16H18Cl2N2/c1-10-3-5-13(11(2)7-10)16(20-19)9-12-4-6-14(17)15(18)8-12/h3-8,16,20H,9,19H2,1-2H3. The highest BCUT2D eigenvalue weighted by atomic mass is 35.5. The molecular formula is C16H18Cl2N2. The molecule has 2 rings (SSSR count). The van der Waals surface area contributed by atoms with Crippen LogP contribution in [0, 0.1) is 13.8 Å². The molecule has 20 heavy (non-hydrogen) atoms. The summed E-state index contributed by atoms with van der Waals surface area (Å²) in [6.45, 7) is 4.18. The summed E-state index contributed by atoms with van der Waals surface area (Å²) in [4.78, 5) is 0. The van der Waals surface area contributed by atoms with Gasteiger partial charge in [-0.1, -0.05) is 53.0 Å². The van der Waals surface area contributed by atoms with Crippen LogP contribution in [-0.2, 0) is 6.42 Å². The lowest BCUT2D eigenvalue weighted by atomic mass is 9.95. The van der Waals surface area contributed by atoms with Crippen LogP contribution >= 0.6 is 23.2 Å². The first-order valence-corrected chi connectivity index (χ1v) is 7.24. The van der Waals surface area contributed by atoms with Crippen molar-refractivity contribution in [2.75, 3.05) is 0 Å². The third-order valence-corrected chi connectivity index (χ3v) is 4.16. The molecule has 4 heteroatoms. The number of nitrogens with one attached hydrogen (secondary N) is 1. The fraction of sp³-hybridized carbons (Fsp3) is 0.250. The quantitative estimate of drug-likeness (QED) is 0.650. The molecule has 0 aromatic heterocycles. The maximum Gasteiger partial charge on any atom is 0.0595 e. The van der Waals surface area contributed by atoms with Gasteiger partial charge in [-0.15, -0.1) is 0 Å². The topological polar surface area (TPSA) is 38.0 Å². The van der Waals surface area contributed by atoms with Gasteiger partial charge in [-0.2, -0.15) is 0 Å². The van der Waals surface area contributed by atoms with Gasteiger partial charge in [-0.25, -0.2) is 0 Å². The minimum atomic E-state index is 0.0489. The Morgan fingerprint density at radius 2 is 1.80 bits per heavy atom. The first kappa shape index (κ1) is 15.3. The van der Waals surface area contributed by atoms with E-state index < -0.39 is 0 Å². The van der Waals surface area contributed by atoms with Gasteiger partial charge in [-0.3, -0.25) is 11.3 Å². The molecule has 0 heterocycles. The lowest BCUT2D eigenvalue weighted by molar-refractivity contribution is 0.549. The molecule has 0 aliphatic heterocycles. The van der Waals surface area contributed by atoms with Crippen molar-refractivity contribution in [1.29, 1.82) is 0 Å². The van der Waals surface area contributed by atoms with Crippen LogP contribution in [0.25, 0.3) is 0 Å². The summed E-state index contributed by atoms with van der Waals surface area (Å²) < 4.78 is 0. The van der Waals surface area contributed by atoms with Crippen molar-refractivity contribution in [2.45, 2.75) is 26.3 Å². The molecular weight excluding hydrogens is 291 g/mol. The van der Waals surface area contributed by atoms with Crippen molar-refractivity contribution in [1.82, 2.24) is 5.43 Å². The van der Waals surface area contributed by atoms with Gasteiger partial charge >= 0.3 is 0 Å². The monoisotopic (exact) mass is 308 g/mol. The largest absolute Gasteiger partial charge is 0.271 e. The van der Waals surface area contributed by atoms with Crippen molar-refractivity contribution < 1.29 is 0 Å². The van der Waals surface area contributed by atoms with Crippen LogP contribution in [0.1, 0.15) is 28.3 Å². The molecule has 0 saturated heterocycles. The maximum absolute atomic E-state index is 6.05. The maximum atomic E-state index is 6.05. The normalized spacial score (nSPS) is 12.4. The third-order valence-electron chi connectivity index (χ3n) is 3.43. The predicted octanol–water partition coefficient (Wildman–Crippen LogP) is 4.36. The van der Waals surface area contributed by atoms with E-state index in [2.05, 4.69) is 37.5 Å². The first-order valence-electron chi connectivity index (χ1n) is 6.48. The van der Waals surface area contributed by atoms with E-state index in [9.17, 15) is 0 Å². The highest BCUT2D eigenvalue weighted by Crippen LogP contribution is 2.26. The van der Waals surface area contributed by atoms with Crippen molar-refractivity contribution in [3.63, 3.8) is 0 Å². The summed E-state index contributed by atoms with van der Waals surface area (Å²) in [7, 11) is 0. The van der Waals surface area contributed by atoms with Crippen molar-refractivity contribution >= 4 is 23.2 Å². The minimum Gasteiger partial charge on any atom is -0.271 e. The summed E-state index contributed by atoms with van der Waals surface area (Å²) in [6.07, 6.45) is 0.761. The van der Waals surface area contributed by atoms with E-state index >= 15 is 0 Å². The molecule has 0 saturated carbocycles. The zero-order valence-corrected chi connectivity index (χ0v) is 13.1. The SMILES string of the molecule is Cc1ccc(C(Cc2ccc(Cl)c(Cl)c2)NN)c(C)c1. The number of hydrazine groups is 1. The van der Waals surface area contributed by atoms with E-state index in [0.29, 0.717) is 10.0 Å². The number of aryl methyl sites for hydroxylation is 2. The number of rotatable bonds is 4. The van der Waals surface area contributed by atoms with Gasteiger partial charge in [-0.05, 0) is 49.1 Å². The number of halogens is 2. The Kier molecular flexibility index (Phi) is 5.06. The average molecular weight is 309 g/mol. The van der Waals surface area contributed by atoms with Gasteiger partial charge < -0.3 is 0 Å². The number of hydrogen-bond donors (Lipinski definition) is 2. The molecule has 0 radical (unpaired) electrons. The molecule has 2 aromatic rings. The molecule has 106 valence electrons. The smallest absolute Gasteiger partial charge is 0.0595 e. The van der Waals surface area contributed by atoms with E-state index in [1.165, 1.54) is 16.7 Å². The third kappa shape index (κ3) is 3.53. The Balaban J connectivity index is 2.26. The number of hydrogen-bond acceptors (Lipinski definition) is 2. The number of benzene rings is 2. The van der Waals surface area contributed by atoms with Gasteiger partial charge in [0.05, 0.1) is 16.1 Å². The molecule has 0 amide bonds. The second-order valence-corrected chi connectivity index (χ2v) is 5.85. The highest BCUT2D eigenvalue weighted by molar-refractivity contribution is 6.42. The Bertz CT molecular complexity index is 611. The Morgan fingerprint density at radius 1 is 1.05 bits per heavy atom. The van der Waals surface area contributed by atoms with Crippen LogP contribution in [0.5, 0.6) is 0 Å². The Hall–Kier alpha value is -1.06. The molecule has 0 spiro atoms. The molecule has 1 unspecified atom stereocenters. The van der Waals surface area contributed by atoms with E-state index in [0.717, 1.165) is 12.0 Å². The molecule has 0 aliphatic rings. The first-order chi connectivity index (χ1) is 9.51. The lowest BCUT2D eigenvalue weighted by Crippen LogP contribution is -2.30. The van der Waals surface area contributed by atoms with Crippen molar-refractivity contribution in [2.24, 2.45) is 5.84 Å². The summed E-state index contributed by atoms with van der Waals surface area (Å²) in [6, 6.07) is 12.1. The number of nitrogens with two attached hydrogens (primary N) is 1. The fourth-order valence-electron chi connectivity index (χ4n) is 2.38. The molecule has 3 N–H and O–H groups in total. The van der Waals surface area contributed by atoms with E-state index in [-0.39, 0.29) is 6.04 Å². The summed E-state index contributed by atoms with van der Waals surface area (Å²) in [5, 5.41) is 1.14. The molecule has 0 fully saturated rings. The van der Waals surface area contributed by atoms with Gasteiger partial charge in [0.25, 0.3) is 0 Å². The van der Waals surface area contributed by atoms with E-state index in [1.807, 2.05) is 18.2 Å². The van der Waals surface area contributed by atoms with Crippen LogP contribution in [0.15, 0.2) is 36.4 Å². The average Bonchev–Trinajstić information content (AvgIpc) is 2.41. The van der Waals surface area contributed by atoms with Crippen molar-refractivity contribution in [3.05, 3.63) is 68.7 Å². The van der Waals surface area contributed by atoms with Gasteiger partial charge in [0, 0.05) is 0 Å². The zero-order chi connectivity index (χ0) is 14.7. The van der Waals surface area contributed by atoms with Crippen LogP contribution in [0.2, 0.25) is 10.0 Å².